The molecule has 4 heteroatoms. The van der Waals surface area contributed by atoms with Gasteiger partial charge in [-0.2, -0.15) is 0 Å². The molecule has 2 N–H and O–H groups in total. The summed E-state index contributed by atoms with van der Waals surface area (Å²) in [7, 11) is 5.47. The summed E-state index contributed by atoms with van der Waals surface area (Å²) >= 11 is 0. The second kappa shape index (κ2) is 7.50. The summed E-state index contributed by atoms with van der Waals surface area (Å²) in [4.78, 5) is 2.31. The Morgan fingerprint density at radius 1 is 1.15 bits per heavy atom. The summed E-state index contributed by atoms with van der Waals surface area (Å²) in [6, 6.07) is 6.39. The topological polar surface area (TPSA) is 47.7 Å². The molecule has 0 aliphatic carbocycles. The predicted molar refractivity (Wildman–Crippen MR) is 83.4 cm³/mol. The highest BCUT2D eigenvalue weighted by molar-refractivity contribution is 5.42. The van der Waals surface area contributed by atoms with Crippen LogP contribution in [0.15, 0.2) is 18.2 Å². The van der Waals surface area contributed by atoms with E-state index in [0.29, 0.717) is 18.5 Å². The van der Waals surface area contributed by atoms with E-state index in [2.05, 4.69) is 32.7 Å². The van der Waals surface area contributed by atoms with E-state index in [0.717, 1.165) is 17.1 Å². The molecule has 20 heavy (non-hydrogen) atoms. The fourth-order valence-electron chi connectivity index (χ4n) is 2.37. The number of rotatable bonds is 7. The molecule has 2 atom stereocenters. The van der Waals surface area contributed by atoms with E-state index < -0.39 is 0 Å². The van der Waals surface area contributed by atoms with Gasteiger partial charge in [-0.1, -0.05) is 13.8 Å². The minimum absolute atomic E-state index is 0.109. The zero-order valence-corrected chi connectivity index (χ0v) is 13.5. The lowest BCUT2D eigenvalue weighted by Crippen LogP contribution is -2.39. The number of hydrogen-bond donors (Lipinski definition) is 1. The van der Waals surface area contributed by atoms with Crippen molar-refractivity contribution < 1.29 is 9.47 Å². The van der Waals surface area contributed by atoms with Crippen molar-refractivity contribution in [2.24, 2.45) is 11.7 Å². The van der Waals surface area contributed by atoms with Crippen LogP contribution in [0.4, 0.5) is 0 Å². The van der Waals surface area contributed by atoms with Crippen LogP contribution in [0.25, 0.3) is 0 Å². The van der Waals surface area contributed by atoms with Crippen molar-refractivity contribution in [3.8, 4) is 11.5 Å². The maximum atomic E-state index is 6.02. The number of ether oxygens (including phenoxy) is 2. The molecule has 0 spiro atoms. The van der Waals surface area contributed by atoms with Crippen LogP contribution in [-0.4, -0.2) is 38.8 Å². The maximum Gasteiger partial charge on any atom is 0.123 e. The third-order valence-electron chi connectivity index (χ3n) is 4.12. The fraction of sp³-hybridized carbons (Fsp3) is 0.625. The number of likely N-dealkylation sites (N-methyl/N-ethyl adjacent to an activating group) is 1. The molecular formula is C16H28N2O2. The van der Waals surface area contributed by atoms with Crippen LogP contribution in [-0.2, 0) is 0 Å². The normalized spacial score (nSPS) is 14.4. The van der Waals surface area contributed by atoms with Gasteiger partial charge in [0.25, 0.3) is 0 Å². The third-order valence-corrected chi connectivity index (χ3v) is 4.12. The highest BCUT2D eigenvalue weighted by Crippen LogP contribution is 2.33. The summed E-state index contributed by atoms with van der Waals surface area (Å²) in [6.45, 7) is 7.20. The quantitative estimate of drug-likeness (QED) is 0.834. The standard InChI is InChI=1S/C16H28N2O2/c1-11(2)12(3)18(4)15(10-17)14-9-13(19-5)7-8-16(14)20-6/h7-9,11-12,15H,10,17H2,1-6H3. The molecule has 4 nitrogen and oxygen atoms in total. The van der Waals surface area contributed by atoms with Crippen LogP contribution >= 0.6 is 0 Å². The Balaban J connectivity index is 3.16. The molecule has 114 valence electrons. The molecule has 0 aliphatic heterocycles. The minimum Gasteiger partial charge on any atom is -0.497 e. The van der Waals surface area contributed by atoms with E-state index in [1.807, 2.05) is 18.2 Å². The largest absolute Gasteiger partial charge is 0.497 e. The van der Waals surface area contributed by atoms with Crippen LogP contribution in [0, 0.1) is 5.92 Å². The Labute approximate surface area is 122 Å². The maximum absolute atomic E-state index is 6.02. The van der Waals surface area contributed by atoms with E-state index in [1.54, 1.807) is 14.2 Å². The van der Waals surface area contributed by atoms with Crippen molar-refractivity contribution in [3.63, 3.8) is 0 Å². The van der Waals surface area contributed by atoms with Gasteiger partial charge in [0.05, 0.1) is 20.3 Å². The lowest BCUT2D eigenvalue weighted by Gasteiger charge is -2.35. The summed E-state index contributed by atoms with van der Waals surface area (Å²) in [5.41, 5.74) is 7.09. The van der Waals surface area contributed by atoms with E-state index in [4.69, 9.17) is 15.2 Å². The first-order chi connectivity index (χ1) is 9.46. The number of hydrogen-bond acceptors (Lipinski definition) is 4. The average Bonchev–Trinajstić information content (AvgIpc) is 2.46. The lowest BCUT2D eigenvalue weighted by atomic mass is 9.98. The Morgan fingerprint density at radius 2 is 1.80 bits per heavy atom. The van der Waals surface area contributed by atoms with Crippen LogP contribution in [0.1, 0.15) is 32.4 Å². The Bertz CT molecular complexity index is 421. The first kappa shape index (κ1) is 16.8. The van der Waals surface area contributed by atoms with E-state index >= 15 is 0 Å². The SMILES string of the molecule is COc1ccc(OC)c(C(CN)N(C)C(C)C(C)C)c1. The van der Waals surface area contributed by atoms with Gasteiger partial charge in [-0.25, -0.2) is 0 Å². The Kier molecular flexibility index (Phi) is 6.30. The molecule has 0 amide bonds. The van der Waals surface area contributed by atoms with Gasteiger partial charge in [-0.3, -0.25) is 4.90 Å². The lowest BCUT2D eigenvalue weighted by molar-refractivity contribution is 0.149. The summed E-state index contributed by atoms with van der Waals surface area (Å²) < 4.78 is 10.8. The molecule has 0 radical (unpaired) electrons. The second-order valence-electron chi connectivity index (χ2n) is 5.51. The number of nitrogens with two attached hydrogens (primary N) is 1. The van der Waals surface area contributed by atoms with Crippen LogP contribution < -0.4 is 15.2 Å². The van der Waals surface area contributed by atoms with Gasteiger partial charge in [0.1, 0.15) is 11.5 Å². The third kappa shape index (κ3) is 3.64. The van der Waals surface area contributed by atoms with E-state index in [-0.39, 0.29) is 6.04 Å². The Hall–Kier alpha value is -1.26. The molecule has 0 aliphatic rings. The molecule has 0 saturated heterocycles. The van der Waals surface area contributed by atoms with Crippen molar-refractivity contribution in [2.45, 2.75) is 32.9 Å². The van der Waals surface area contributed by atoms with E-state index in [1.165, 1.54) is 0 Å². The fourth-order valence-corrected chi connectivity index (χ4v) is 2.37. The molecule has 1 aromatic rings. The van der Waals surface area contributed by atoms with Gasteiger partial charge < -0.3 is 15.2 Å². The highest BCUT2D eigenvalue weighted by Gasteiger charge is 2.25. The number of methoxy groups -OCH3 is 2. The molecule has 0 heterocycles. The summed E-state index contributed by atoms with van der Waals surface area (Å²) in [5.74, 6) is 2.24. The zero-order chi connectivity index (χ0) is 15.3. The molecule has 1 rings (SSSR count). The summed E-state index contributed by atoms with van der Waals surface area (Å²) in [6.07, 6.45) is 0. The van der Waals surface area contributed by atoms with Gasteiger partial charge >= 0.3 is 0 Å². The van der Waals surface area contributed by atoms with Crippen LogP contribution in [0.3, 0.4) is 0 Å². The Morgan fingerprint density at radius 3 is 2.25 bits per heavy atom. The van der Waals surface area contributed by atoms with Gasteiger partial charge in [-0.15, -0.1) is 0 Å². The van der Waals surface area contributed by atoms with Crippen molar-refractivity contribution in [3.05, 3.63) is 23.8 Å². The smallest absolute Gasteiger partial charge is 0.123 e. The first-order valence-corrected chi connectivity index (χ1v) is 7.10. The molecule has 1 aromatic carbocycles. The van der Waals surface area contributed by atoms with Gasteiger partial charge in [0, 0.05) is 18.2 Å². The second-order valence-corrected chi connectivity index (χ2v) is 5.51. The van der Waals surface area contributed by atoms with Crippen LogP contribution in [0.2, 0.25) is 0 Å². The highest BCUT2D eigenvalue weighted by atomic mass is 16.5. The monoisotopic (exact) mass is 280 g/mol. The average molecular weight is 280 g/mol. The first-order valence-electron chi connectivity index (χ1n) is 7.10. The molecule has 2 unspecified atom stereocenters. The predicted octanol–water partition coefficient (Wildman–Crippen LogP) is 2.68. The van der Waals surface area contributed by atoms with Gasteiger partial charge in [-0.05, 0) is 38.1 Å². The van der Waals surface area contributed by atoms with Gasteiger partial charge in [0.2, 0.25) is 0 Å². The molecular weight excluding hydrogens is 252 g/mol. The number of nitrogens with zero attached hydrogens (tertiary/aromatic N) is 1. The molecule has 0 saturated carbocycles. The molecule has 0 fully saturated rings. The van der Waals surface area contributed by atoms with Crippen LogP contribution in [0.5, 0.6) is 11.5 Å². The molecule has 0 aromatic heterocycles. The molecule has 0 bridgehead atoms. The number of benzene rings is 1. The van der Waals surface area contributed by atoms with Crippen molar-refractivity contribution in [1.29, 1.82) is 0 Å². The summed E-state index contributed by atoms with van der Waals surface area (Å²) in [5, 5.41) is 0. The van der Waals surface area contributed by atoms with E-state index in [9.17, 15) is 0 Å². The zero-order valence-electron chi connectivity index (χ0n) is 13.5. The van der Waals surface area contributed by atoms with Crippen molar-refractivity contribution in [2.75, 3.05) is 27.8 Å². The minimum atomic E-state index is 0.109. The van der Waals surface area contributed by atoms with Gasteiger partial charge in [0.15, 0.2) is 0 Å². The van der Waals surface area contributed by atoms with Crippen molar-refractivity contribution in [1.82, 2.24) is 4.90 Å². The van der Waals surface area contributed by atoms with Crippen molar-refractivity contribution >= 4 is 0 Å².